The summed E-state index contributed by atoms with van der Waals surface area (Å²) in [6.07, 6.45) is 0. The lowest BCUT2D eigenvalue weighted by molar-refractivity contribution is -0.116. The predicted molar refractivity (Wildman–Crippen MR) is 106 cm³/mol. The van der Waals surface area contributed by atoms with E-state index in [-0.39, 0.29) is 17.4 Å². The minimum atomic E-state index is -0.471. The van der Waals surface area contributed by atoms with E-state index in [1.807, 2.05) is 60.7 Å². The monoisotopic (exact) mass is 376 g/mol. The van der Waals surface area contributed by atoms with E-state index in [1.165, 1.54) is 23.5 Å². The number of carbonyl (C=O) groups is 1. The first-order valence-corrected chi connectivity index (χ1v) is 9.17. The van der Waals surface area contributed by atoms with Gasteiger partial charge in [-0.15, -0.1) is 0 Å². The number of hydrogen-bond donors (Lipinski definition) is 3. The summed E-state index contributed by atoms with van der Waals surface area (Å²) in [5.41, 5.74) is 2.29. The Labute approximate surface area is 159 Å². The van der Waals surface area contributed by atoms with Gasteiger partial charge < -0.3 is 15.5 Å². The molecule has 6 heteroatoms. The zero-order valence-corrected chi connectivity index (χ0v) is 15.0. The van der Waals surface area contributed by atoms with Crippen LogP contribution in [0, 0.1) is 0 Å². The van der Waals surface area contributed by atoms with Crippen LogP contribution >= 0.6 is 11.3 Å². The molecule has 1 heterocycles. The fraction of sp³-hybridized carbons (Fsp3) is 0.0476. The highest BCUT2D eigenvalue weighted by Gasteiger charge is 2.23. The molecule has 5 nitrogen and oxygen atoms in total. The zero-order valence-electron chi connectivity index (χ0n) is 14.2. The normalized spacial score (nSPS) is 11.0. The second kappa shape index (κ2) is 7.09. The molecular formula is C21H16N2O3S. The Balaban J connectivity index is 1.68. The number of aromatic nitrogens is 1. The van der Waals surface area contributed by atoms with Crippen molar-refractivity contribution in [3.8, 4) is 11.5 Å². The van der Waals surface area contributed by atoms with Crippen molar-refractivity contribution in [2.45, 2.75) is 5.92 Å². The molecule has 4 aromatic rings. The molecule has 0 spiro atoms. The van der Waals surface area contributed by atoms with E-state index in [0.29, 0.717) is 15.3 Å². The van der Waals surface area contributed by atoms with Gasteiger partial charge >= 0.3 is 0 Å². The highest BCUT2D eigenvalue weighted by Crippen LogP contribution is 2.35. The van der Waals surface area contributed by atoms with Crippen molar-refractivity contribution in [1.82, 2.24) is 4.98 Å². The van der Waals surface area contributed by atoms with Crippen LogP contribution in [0.25, 0.3) is 10.2 Å². The number of carbonyl (C=O) groups excluding carboxylic acids is 1. The van der Waals surface area contributed by atoms with Gasteiger partial charge in [-0.2, -0.15) is 0 Å². The summed E-state index contributed by atoms with van der Waals surface area (Å²) < 4.78 is 0.677. The average molecular weight is 376 g/mol. The minimum absolute atomic E-state index is 0.195. The minimum Gasteiger partial charge on any atom is -0.504 e. The standard InChI is InChI=1S/C21H16N2O3S/c24-16-11-15-18(12-17(16)25)27-21(22-15)23-20(26)19(13-7-3-1-4-8-13)14-9-5-2-6-10-14/h1-12,19,24-25H,(H,22,23,26). The van der Waals surface area contributed by atoms with Crippen LogP contribution in [-0.2, 0) is 4.79 Å². The lowest BCUT2D eigenvalue weighted by atomic mass is 9.90. The third kappa shape index (κ3) is 3.47. The first kappa shape index (κ1) is 17.1. The Hall–Kier alpha value is -3.38. The summed E-state index contributed by atoms with van der Waals surface area (Å²) >= 11 is 1.24. The van der Waals surface area contributed by atoms with Gasteiger partial charge in [0.1, 0.15) is 0 Å². The number of phenols is 2. The van der Waals surface area contributed by atoms with Crippen LogP contribution in [0.2, 0.25) is 0 Å². The van der Waals surface area contributed by atoms with Crippen LogP contribution in [-0.4, -0.2) is 21.1 Å². The molecule has 0 fully saturated rings. The number of thiazole rings is 1. The fourth-order valence-corrected chi connectivity index (χ4v) is 3.85. The van der Waals surface area contributed by atoms with Gasteiger partial charge in [0.25, 0.3) is 0 Å². The van der Waals surface area contributed by atoms with E-state index in [2.05, 4.69) is 10.3 Å². The molecule has 0 unspecified atom stereocenters. The Morgan fingerprint density at radius 1 is 0.889 bits per heavy atom. The van der Waals surface area contributed by atoms with Crippen LogP contribution in [0.5, 0.6) is 11.5 Å². The van der Waals surface area contributed by atoms with E-state index < -0.39 is 5.92 Å². The van der Waals surface area contributed by atoms with E-state index in [0.717, 1.165) is 11.1 Å². The maximum Gasteiger partial charge on any atom is 0.238 e. The summed E-state index contributed by atoms with van der Waals surface area (Å²) in [5.74, 6) is -1.12. The maximum absolute atomic E-state index is 13.1. The molecule has 1 amide bonds. The number of benzene rings is 3. The van der Waals surface area contributed by atoms with Crippen molar-refractivity contribution in [2.24, 2.45) is 0 Å². The predicted octanol–water partition coefficient (Wildman–Crippen LogP) is 4.48. The van der Waals surface area contributed by atoms with Crippen molar-refractivity contribution in [1.29, 1.82) is 0 Å². The molecule has 134 valence electrons. The number of hydrogen-bond acceptors (Lipinski definition) is 5. The lowest BCUT2D eigenvalue weighted by Crippen LogP contribution is -2.22. The average Bonchev–Trinajstić information content (AvgIpc) is 3.05. The van der Waals surface area contributed by atoms with Gasteiger partial charge in [-0.05, 0) is 11.1 Å². The maximum atomic E-state index is 13.1. The number of phenolic OH excluding ortho intramolecular Hbond substituents is 2. The van der Waals surface area contributed by atoms with E-state index >= 15 is 0 Å². The Kier molecular flexibility index (Phi) is 4.48. The molecule has 4 rings (SSSR count). The number of anilines is 1. The summed E-state index contributed by atoms with van der Waals surface area (Å²) in [4.78, 5) is 17.4. The molecule has 0 aliphatic carbocycles. The molecule has 1 aromatic heterocycles. The SMILES string of the molecule is O=C(Nc1nc2cc(O)c(O)cc2s1)C(c1ccccc1)c1ccccc1. The lowest BCUT2D eigenvalue weighted by Gasteiger charge is -2.16. The van der Waals surface area contributed by atoms with E-state index in [1.54, 1.807) is 0 Å². The van der Waals surface area contributed by atoms with Gasteiger partial charge in [-0.3, -0.25) is 4.79 Å². The molecule has 0 saturated heterocycles. The van der Waals surface area contributed by atoms with Gasteiger partial charge in [0, 0.05) is 12.1 Å². The summed E-state index contributed by atoms with van der Waals surface area (Å²) in [7, 11) is 0. The van der Waals surface area contributed by atoms with Gasteiger partial charge in [-0.25, -0.2) is 4.98 Å². The van der Waals surface area contributed by atoms with Crippen LogP contribution in [0.4, 0.5) is 5.13 Å². The number of nitrogens with zero attached hydrogens (tertiary/aromatic N) is 1. The number of aromatic hydroxyl groups is 2. The largest absolute Gasteiger partial charge is 0.504 e. The first-order valence-electron chi connectivity index (χ1n) is 8.35. The second-order valence-corrected chi connectivity index (χ2v) is 7.10. The van der Waals surface area contributed by atoms with Crippen molar-refractivity contribution in [2.75, 3.05) is 5.32 Å². The van der Waals surface area contributed by atoms with Crippen molar-refractivity contribution < 1.29 is 15.0 Å². The first-order chi connectivity index (χ1) is 13.1. The van der Waals surface area contributed by atoms with Crippen LogP contribution in [0.15, 0.2) is 72.8 Å². The summed E-state index contributed by atoms with van der Waals surface area (Å²) in [6.45, 7) is 0. The smallest absolute Gasteiger partial charge is 0.238 e. The Morgan fingerprint density at radius 2 is 1.44 bits per heavy atom. The molecule has 0 bridgehead atoms. The summed E-state index contributed by atoms with van der Waals surface area (Å²) in [5, 5.41) is 22.5. The highest BCUT2D eigenvalue weighted by molar-refractivity contribution is 7.22. The molecule has 0 aliphatic rings. The van der Waals surface area contributed by atoms with E-state index in [9.17, 15) is 15.0 Å². The van der Waals surface area contributed by atoms with E-state index in [4.69, 9.17) is 0 Å². The van der Waals surface area contributed by atoms with Gasteiger partial charge in [0.2, 0.25) is 5.91 Å². The topological polar surface area (TPSA) is 82.5 Å². The van der Waals surface area contributed by atoms with Crippen LogP contribution < -0.4 is 5.32 Å². The van der Waals surface area contributed by atoms with Crippen LogP contribution in [0.3, 0.4) is 0 Å². The fourth-order valence-electron chi connectivity index (χ4n) is 2.97. The number of nitrogens with one attached hydrogen (secondary N) is 1. The van der Waals surface area contributed by atoms with Crippen LogP contribution in [0.1, 0.15) is 17.0 Å². The summed E-state index contributed by atoms with van der Waals surface area (Å²) in [6, 6.07) is 21.9. The third-order valence-electron chi connectivity index (χ3n) is 4.24. The molecule has 0 atom stereocenters. The number of amides is 1. The molecule has 27 heavy (non-hydrogen) atoms. The van der Waals surface area contributed by atoms with Gasteiger partial charge in [0.15, 0.2) is 16.6 Å². The Morgan fingerprint density at radius 3 is 2.04 bits per heavy atom. The van der Waals surface area contributed by atoms with Gasteiger partial charge in [-0.1, -0.05) is 72.0 Å². The molecule has 0 radical (unpaired) electrons. The molecular weight excluding hydrogens is 360 g/mol. The number of rotatable bonds is 4. The van der Waals surface area contributed by atoms with Crippen molar-refractivity contribution >= 4 is 32.6 Å². The molecule has 0 saturated carbocycles. The second-order valence-electron chi connectivity index (χ2n) is 6.07. The quantitative estimate of drug-likeness (QED) is 0.459. The zero-order chi connectivity index (χ0) is 18.8. The van der Waals surface area contributed by atoms with Crippen molar-refractivity contribution in [3.05, 3.63) is 83.9 Å². The molecule has 3 aromatic carbocycles. The van der Waals surface area contributed by atoms with Crippen molar-refractivity contribution in [3.63, 3.8) is 0 Å². The molecule has 0 aliphatic heterocycles. The molecule has 3 N–H and O–H groups in total. The Bertz CT molecular complexity index is 1020. The highest BCUT2D eigenvalue weighted by atomic mass is 32.1. The number of fused-ring (bicyclic) bond motifs is 1. The third-order valence-corrected chi connectivity index (χ3v) is 5.18. The van der Waals surface area contributed by atoms with Gasteiger partial charge in [0.05, 0.1) is 16.1 Å².